The van der Waals surface area contributed by atoms with Crippen molar-refractivity contribution in [3.05, 3.63) is 46.1 Å². The van der Waals surface area contributed by atoms with Crippen LogP contribution in [0.1, 0.15) is 25.3 Å². The average molecular weight is 353 g/mol. The summed E-state index contributed by atoms with van der Waals surface area (Å²) in [5, 5.41) is 4.58. The first-order valence-electron chi connectivity index (χ1n) is 7.82. The number of nitrogens with one attached hydrogen (secondary N) is 1. The van der Waals surface area contributed by atoms with Gasteiger partial charge in [-0.3, -0.25) is 0 Å². The highest BCUT2D eigenvalue weighted by Crippen LogP contribution is 2.21. The van der Waals surface area contributed by atoms with E-state index in [4.69, 9.17) is 23.2 Å². The van der Waals surface area contributed by atoms with Gasteiger partial charge in [-0.1, -0.05) is 42.6 Å². The van der Waals surface area contributed by atoms with Crippen molar-refractivity contribution in [1.29, 1.82) is 0 Å². The first-order valence-corrected chi connectivity index (χ1v) is 8.57. The lowest BCUT2D eigenvalue weighted by atomic mass is 10.1. The Morgan fingerprint density at radius 1 is 1.22 bits per heavy atom. The van der Waals surface area contributed by atoms with Crippen molar-refractivity contribution >= 4 is 35.0 Å². The van der Waals surface area contributed by atoms with Crippen LogP contribution in [0.5, 0.6) is 0 Å². The molecule has 0 bridgehead atoms. The highest BCUT2D eigenvalue weighted by Gasteiger charge is 2.05. The summed E-state index contributed by atoms with van der Waals surface area (Å²) in [6.07, 6.45) is 4.89. The van der Waals surface area contributed by atoms with Crippen molar-refractivity contribution < 1.29 is 0 Å². The third-order valence-electron chi connectivity index (χ3n) is 3.57. The predicted octanol–water partition coefficient (Wildman–Crippen LogP) is 4.67. The minimum Gasteiger partial charge on any atom is -0.360 e. The quantitative estimate of drug-likeness (QED) is 0.749. The molecule has 0 aliphatic heterocycles. The maximum atomic E-state index is 6.18. The van der Waals surface area contributed by atoms with Crippen LogP contribution in [0.2, 0.25) is 10.0 Å². The molecule has 2 rings (SSSR count). The van der Waals surface area contributed by atoms with E-state index in [1.165, 1.54) is 6.42 Å². The number of aromatic nitrogens is 2. The number of rotatable bonds is 8. The Morgan fingerprint density at radius 2 is 2.04 bits per heavy atom. The summed E-state index contributed by atoms with van der Waals surface area (Å²) in [7, 11) is 2.05. The largest absolute Gasteiger partial charge is 0.360 e. The fourth-order valence-corrected chi connectivity index (χ4v) is 2.69. The molecule has 1 aromatic carbocycles. The molecule has 0 radical (unpaired) electrons. The molecule has 1 heterocycles. The zero-order valence-corrected chi connectivity index (χ0v) is 15.0. The van der Waals surface area contributed by atoms with Crippen molar-refractivity contribution in [3.63, 3.8) is 0 Å². The molecule has 1 N–H and O–H groups in total. The van der Waals surface area contributed by atoms with Crippen LogP contribution in [-0.2, 0) is 6.42 Å². The lowest BCUT2D eigenvalue weighted by Gasteiger charge is -2.18. The molecule has 0 aliphatic carbocycles. The summed E-state index contributed by atoms with van der Waals surface area (Å²) in [6, 6.07) is 7.49. The Balaban J connectivity index is 1.90. The minimum atomic E-state index is 0.635. The molecule has 6 heteroatoms. The predicted molar refractivity (Wildman–Crippen MR) is 98.9 cm³/mol. The standard InChI is InChI=1S/C17H22Cl2N4/c1-3-4-11-23(2)16-8-10-21-17(22-16)20-9-7-13-5-6-14(18)12-15(13)19/h5-6,8,10,12H,3-4,7,9,11H2,1-2H3,(H,20,21,22). The van der Waals surface area contributed by atoms with Crippen LogP contribution in [0.15, 0.2) is 30.5 Å². The number of benzene rings is 1. The maximum Gasteiger partial charge on any atom is 0.224 e. The van der Waals surface area contributed by atoms with Gasteiger partial charge in [0.15, 0.2) is 0 Å². The Labute approximate surface area is 147 Å². The fourth-order valence-electron chi connectivity index (χ4n) is 2.19. The van der Waals surface area contributed by atoms with Crippen LogP contribution < -0.4 is 10.2 Å². The van der Waals surface area contributed by atoms with Crippen LogP contribution in [0.3, 0.4) is 0 Å². The van der Waals surface area contributed by atoms with Crippen LogP contribution in [0.4, 0.5) is 11.8 Å². The van der Waals surface area contributed by atoms with Crippen molar-refractivity contribution in [2.75, 3.05) is 30.4 Å². The second-order valence-electron chi connectivity index (χ2n) is 5.43. The number of nitrogens with zero attached hydrogens (tertiary/aromatic N) is 3. The van der Waals surface area contributed by atoms with E-state index >= 15 is 0 Å². The zero-order valence-electron chi connectivity index (χ0n) is 13.5. The Bertz CT molecular complexity index is 634. The van der Waals surface area contributed by atoms with Crippen LogP contribution >= 0.6 is 23.2 Å². The minimum absolute atomic E-state index is 0.635. The van der Waals surface area contributed by atoms with E-state index < -0.39 is 0 Å². The van der Waals surface area contributed by atoms with Gasteiger partial charge in [-0.25, -0.2) is 4.98 Å². The van der Waals surface area contributed by atoms with E-state index in [1.54, 1.807) is 12.3 Å². The van der Waals surface area contributed by atoms with E-state index in [0.717, 1.165) is 30.8 Å². The van der Waals surface area contributed by atoms with Crippen molar-refractivity contribution in [1.82, 2.24) is 9.97 Å². The molecule has 23 heavy (non-hydrogen) atoms. The van der Waals surface area contributed by atoms with E-state index in [2.05, 4.69) is 34.2 Å². The third kappa shape index (κ3) is 5.56. The molecule has 0 spiro atoms. The zero-order chi connectivity index (χ0) is 16.7. The molecule has 0 aliphatic rings. The van der Waals surface area contributed by atoms with Crippen LogP contribution in [0, 0.1) is 0 Å². The molecule has 0 fully saturated rings. The van der Waals surface area contributed by atoms with Gasteiger partial charge in [-0.15, -0.1) is 0 Å². The second kappa shape index (κ2) is 8.94. The molecule has 124 valence electrons. The van der Waals surface area contributed by atoms with Gasteiger partial charge in [-0.05, 0) is 36.6 Å². The van der Waals surface area contributed by atoms with Crippen molar-refractivity contribution in [2.24, 2.45) is 0 Å². The summed E-state index contributed by atoms with van der Waals surface area (Å²) < 4.78 is 0. The highest BCUT2D eigenvalue weighted by molar-refractivity contribution is 6.35. The first kappa shape index (κ1) is 17.8. The molecule has 0 amide bonds. The van der Waals surface area contributed by atoms with Gasteiger partial charge in [0.1, 0.15) is 5.82 Å². The second-order valence-corrected chi connectivity index (χ2v) is 6.27. The summed E-state index contributed by atoms with van der Waals surface area (Å²) in [5.41, 5.74) is 1.06. The molecule has 2 aromatic rings. The van der Waals surface area contributed by atoms with Crippen LogP contribution in [0.25, 0.3) is 0 Å². The number of anilines is 2. The van der Waals surface area contributed by atoms with Gasteiger partial charge < -0.3 is 10.2 Å². The van der Waals surface area contributed by atoms with Gasteiger partial charge in [0.25, 0.3) is 0 Å². The lowest BCUT2D eigenvalue weighted by Crippen LogP contribution is -2.20. The molecular formula is C17H22Cl2N4. The van der Waals surface area contributed by atoms with Gasteiger partial charge in [0, 0.05) is 36.4 Å². The molecular weight excluding hydrogens is 331 g/mol. The first-order chi connectivity index (χ1) is 11.1. The summed E-state index contributed by atoms with van der Waals surface area (Å²) in [6.45, 7) is 3.89. The molecule has 4 nitrogen and oxygen atoms in total. The van der Waals surface area contributed by atoms with Crippen LogP contribution in [-0.4, -0.2) is 30.1 Å². The van der Waals surface area contributed by atoms with E-state index in [-0.39, 0.29) is 0 Å². The van der Waals surface area contributed by atoms with Gasteiger partial charge in [0.2, 0.25) is 5.95 Å². The molecule has 0 atom stereocenters. The van der Waals surface area contributed by atoms with E-state index in [9.17, 15) is 0 Å². The van der Waals surface area contributed by atoms with Gasteiger partial charge in [-0.2, -0.15) is 4.98 Å². The molecule has 1 aromatic heterocycles. The maximum absolute atomic E-state index is 6.18. The molecule has 0 unspecified atom stereocenters. The lowest BCUT2D eigenvalue weighted by molar-refractivity contribution is 0.758. The van der Waals surface area contributed by atoms with E-state index in [0.29, 0.717) is 22.5 Å². The summed E-state index contributed by atoms with van der Waals surface area (Å²) in [5.74, 6) is 1.57. The fraction of sp³-hybridized carbons (Fsp3) is 0.412. The monoisotopic (exact) mass is 352 g/mol. The number of hydrogen-bond donors (Lipinski definition) is 1. The van der Waals surface area contributed by atoms with Crippen molar-refractivity contribution in [3.8, 4) is 0 Å². The SMILES string of the molecule is CCCCN(C)c1ccnc(NCCc2ccc(Cl)cc2Cl)n1. The smallest absolute Gasteiger partial charge is 0.224 e. The third-order valence-corrected chi connectivity index (χ3v) is 4.16. The Morgan fingerprint density at radius 3 is 2.78 bits per heavy atom. The molecule has 0 saturated heterocycles. The van der Waals surface area contributed by atoms with E-state index in [1.807, 2.05) is 18.2 Å². The topological polar surface area (TPSA) is 41.1 Å². The van der Waals surface area contributed by atoms with Gasteiger partial charge in [0.05, 0.1) is 0 Å². The average Bonchev–Trinajstić information content (AvgIpc) is 2.55. The Kier molecular flexibility index (Phi) is 6.93. The summed E-state index contributed by atoms with van der Waals surface area (Å²) in [4.78, 5) is 11.0. The number of unbranched alkanes of at least 4 members (excludes halogenated alkanes) is 1. The Hall–Kier alpha value is -1.52. The normalized spacial score (nSPS) is 10.6. The highest BCUT2D eigenvalue weighted by atomic mass is 35.5. The van der Waals surface area contributed by atoms with Gasteiger partial charge >= 0.3 is 0 Å². The van der Waals surface area contributed by atoms with Crippen molar-refractivity contribution in [2.45, 2.75) is 26.2 Å². The number of hydrogen-bond acceptors (Lipinski definition) is 4. The summed E-state index contributed by atoms with van der Waals surface area (Å²) >= 11 is 12.1. The molecule has 0 saturated carbocycles. The number of halogens is 2.